The van der Waals surface area contributed by atoms with Crippen LogP contribution in [0.5, 0.6) is 0 Å². The van der Waals surface area contributed by atoms with Crippen molar-refractivity contribution in [3.63, 3.8) is 0 Å². The highest BCUT2D eigenvalue weighted by Crippen LogP contribution is 2.21. The van der Waals surface area contributed by atoms with Gasteiger partial charge in [0.1, 0.15) is 0 Å². The van der Waals surface area contributed by atoms with Crippen LogP contribution in [0.3, 0.4) is 0 Å². The number of hydrogen-bond donors (Lipinski definition) is 1. The highest BCUT2D eigenvalue weighted by molar-refractivity contribution is 7.84. The molecule has 0 aliphatic rings. The highest BCUT2D eigenvalue weighted by atomic mass is 32.2. The Morgan fingerprint density at radius 2 is 1.79 bits per heavy atom. The summed E-state index contributed by atoms with van der Waals surface area (Å²) in [6.07, 6.45) is 0. The minimum Gasteiger partial charge on any atom is -0.242 e. The van der Waals surface area contributed by atoms with Crippen molar-refractivity contribution in [2.24, 2.45) is 0 Å². The van der Waals surface area contributed by atoms with E-state index in [0.29, 0.717) is 0 Å². The Morgan fingerprint density at radius 3 is 2.42 bits per heavy atom. The molecule has 1 N–H and O–H groups in total. The van der Waals surface area contributed by atoms with E-state index >= 15 is 0 Å². The molecule has 0 saturated heterocycles. The highest BCUT2D eigenvalue weighted by Gasteiger charge is 2.21. The Labute approximate surface area is 119 Å². The molecule has 0 amide bonds. The molecule has 0 radical (unpaired) electrons. The lowest BCUT2D eigenvalue weighted by molar-refractivity contribution is 0.616. The van der Waals surface area contributed by atoms with Gasteiger partial charge in [-0.15, -0.1) is 0 Å². The van der Waals surface area contributed by atoms with Crippen LogP contribution >= 0.6 is 0 Å². The summed E-state index contributed by atoms with van der Waals surface area (Å²) < 4.78 is 23.2. The topological polar surface area (TPSA) is 29.1 Å². The fraction of sp³-hybridized carbons (Fsp3) is 0.375. The van der Waals surface area contributed by atoms with Crippen molar-refractivity contribution >= 4 is 21.8 Å². The number of nitrogens with one attached hydrogen (secondary N) is 1. The van der Waals surface area contributed by atoms with Gasteiger partial charge in [-0.3, -0.25) is 0 Å². The molecule has 0 bridgehead atoms. The van der Waals surface area contributed by atoms with E-state index in [9.17, 15) is 4.21 Å². The van der Waals surface area contributed by atoms with Crippen LogP contribution in [0.1, 0.15) is 40.6 Å². The third kappa shape index (κ3) is 3.43. The van der Waals surface area contributed by atoms with Crippen LogP contribution in [0.4, 0.5) is 0 Å². The van der Waals surface area contributed by atoms with Crippen molar-refractivity contribution in [2.45, 2.75) is 38.5 Å². The lowest BCUT2D eigenvalue weighted by atomic mass is 10.0. The number of hydrogen-bond acceptors (Lipinski definition) is 1. The van der Waals surface area contributed by atoms with Gasteiger partial charge < -0.3 is 0 Å². The minimum absolute atomic E-state index is 0.390. The maximum absolute atomic E-state index is 12.2. The quantitative estimate of drug-likeness (QED) is 0.903. The van der Waals surface area contributed by atoms with Crippen molar-refractivity contribution in [3.05, 3.63) is 48.0 Å². The van der Waals surface area contributed by atoms with Gasteiger partial charge >= 0.3 is 0 Å². The summed E-state index contributed by atoms with van der Waals surface area (Å²) in [5, 5.41) is 2.23. The minimum atomic E-state index is -1.28. The van der Waals surface area contributed by atoms with E-state index in [1.807, 2.05) is 63.2 Å². The smallest absolute Gasteiger partial charge is 0.0975 e. The van der Waals surface area contributed by atoms with Crippen molar-refractivity contribution in [1.29, 1.82) is 0 Å². The molecule has 19 heavy (non-hydrogen) atoms. The summed E-state index contributed by atoms with van der Waals surface area (Å²) >= 11 is 0. The second-order valence-corrected chi connectivity index (χ2v) is 7.64. The largest absolute Gasteiger partial charge is 0.242 e. The monoisotopic (exact) mass is 276 g/mol. The van der Waals surface area contributed by atoms with Crippen LogP contribution in [0.25, 0.3) is 10.8 Å². The van der Waals surface area contributed by atoms with Gasteiger partial charge in [0.15, 0.2) is 0 Å². The average molecular weight is 276 g/mol. The molecule has 3 heteroatoms. The zero-order chi connectivity index (χ0) is 15.0. The summed E-state index contributed by atoms with van der Waals surface area (Å²) in [6.45, 7) is 7.42. The second-order valence-electron chi connectivity index (χ2n) is 5.67. The van der Waals surface area contributed by atoms with Gasteiger partial charge in [-0.1, -0.05) is 36.4 Å². The van der Waals surface area contributed by atoms with E-state index in [2.05, 4.69) is 4.72 Å². The molecule has 2 atom stereocenters. The first-order chi connectivity index (χ1) is 9.20. The van der Waals surface area contributed by atoms with E-state index in [0.717, 1.165) is 16.3 Å². The Bertz CT molecular complexity index is 646. The molecule has 0 spiro atoms. The van der Waals surface area contributed by atoms with Gasteiger partial charge in [-0.2, -0.15) is 0 Å². The van der Waals surface area contributed by atoms with Crippen LogP contribution in [0, 0.1) is 0 Å². The predicted octanol–water partition coefficient (Wildman–Crippen LogP) is 3.95. The van der Waals surface area contributed by atoms with Gasteiger partial charge in [0.25, 0.3) is 0 Å². The molecular formula is C16H21NOS. The first kappa shape index (κ1) is 12.8. The summed E-state index contributed by atoms with van der Waals surface area (Å²) in [5.74, 6) is 0. The molecule has 0 aliphatic heterocycles. The first-order valence-electron chi connectivity index (χ1n) is 6.89. The standard InChI is InChI=1S/C16H21NOS/c1-12(17-19(18)16(2,3)4)14-10-9-13-7-5-6-8-15(13)11-14/h5-12,17H,1-4H3/t12-,19+/m0/s1/i12D. The molecule has 2 rings (SSSR count). The Hall–Kier alpha value is -1.19. The Balaban J connectivity index is 2.34. The van der Waals surface area contributed by atoms with E-state index < -0.39 is 17.0 Å². The third-order valence-electron chi connectivity index (χ3n) is 2.98. The molecule has 0 heterocycles. The zero-order valence-corrected chi connectivity index (χ0v) is 12.7. The summed E-state index contributed by atoms with van der Waals surface area (Å²) in [6, 6.07) is 12.9. The molecule has 0 fully saturated rings. The maximum atomic E-state index is 12.2. The van der Waals surface area contributed by atoms with Crippen LogP contribution in [0.2, 0.25) is 0 Å². The lowest BCUT2D eigenvalue weighted by Gasteiger charge is -2.22. The van der Waals surface area contributed by atoms with E-state index in [1.54, 1.807) is 6.92 Å². The van der Waals surface area contributed by atoms with Gasteiger partial charge in [-0.25, -0.2) is 8.93 Å². The van der Waals surface area contributed by atoms with Crippen molar-refractivity contribution < 1.29 is 5.58 Å². The van der Waals surface area contributed by atoms with Crippen molar-refractivity contribution in [2.75, 3.05) is 0 Å². The summed E-state index contributed by atoms with van der Waals surface area (Å²) in [5.41, 5.74) is 0.814. The molecule has 0 unspecified atom stereocenters. The Morgan fingerprint density at radius 1 is 1.16 bits per heavy atom. The van der Waals surface area contributed by atoms with Crippen LogP contribution in [-0.4, -0.2) is 8.96 Å². The number of fused-ring (bicyclic) bond motifs is 1. The van der Waals surface area contributed by atoms with Gasteiger partial charge in [0.05, 0.1) is 17.1 Å². The molecular weight excluding hydrogens is 254 g/mol. The van der Waals surface area contributed by atoms with Crippen molar-refractivity contribution in [1.82, 2.24) is 4.72 Å². The van der Waals surface area contributed by atoms with Crippen molar-refractivity contribution in [3.8, 4) is 0 Å². The third-order valence-corrected chi connectivity index (χ3v) is 4.59. The summed E-state index contributed by atoms with van der Waals surface area (Å²) in [7, 11) is -1.28. The average Bonchev–Trinajstić information content (AvgIpc) is 2.36. The molecule has 0 aliphatic carbocycles. The fourth-order valence-corrected chi connectivity index (χ4v) is 2.48. The van der Waals surface area contributed by atoms with E-state index in [-0.39, 0.29) is 4.75 Å². The van der Waals surface area contributed by atoms with Crippen LogP contribution in [-0.2, 0) is 11.0 Å². The lowest BCUT2D eigenvalue weighted by Crippen LogP contribution is -2.34. The molecule has 102 valence electrons. The van der Waals surface area contributed by atoms with Gasteiger partial charge in [0, 0.05) is 6.02 Å². The predicted molar refractivity (Wildman–Crippen MR) is 83.4 cm³/mol. The SMILES string of the molecule is [2H][C@@](C)(N[S@](=O)C(C)(C)C)c1ccc2ccccc2c1. The van der Waals surface area contributed by atoms with E-state index in [4.69, 9.17) is 1.37 Å². The molecule has 2 aromatic rings. The maximum Gasteiger partial charge on any atom is 0.0975 e. The van der Waals surface area contributed by atoms with Gasteiger partial charge in [0.2, 0.25) is 0 Å². The molecule has 0 saturated carbocycles. The van der Waals surface area contributed by atoms with Gasteiger partial charge in [-0.05, 0) is 50.1 Å². The second kappa shape index (κ2) is 5.43. The van der Waals surface area contributed by atoms with Crippen LogP contribution < -0.4 is 4.72 Å². The van der Waals surface area contributed by atoms with E-state index in [1.165, 1.54) is 0 Å². The Kier molecular flexibility index (Phi) is 3.67. The zero-order valence-electron chi connectivity index (χ0n) is 12.9. The number of benzene rings is 2. The molecule has 2 nitrogen and oxygen atoms in total. The molecule has 2 aromatic carbocycles. The number of rotatable bonds is 3. The summed E-state index contributed by atoms with van der Waals surface area (Å²) in [4.78, 5) is 0. The first-order valence-corrected chi connectivity index (χ1v) is 7.54. The molecule has 0 aromatic heterocycles. The fourth-order valence-electron chi connectivity index (χ4n) is 1.77. The normalized spacial score (nSPS) is 17.8. The van der Waals surface area contributed by atoms with Crippen LogP contribution in [0.15, 0.2) is 42.5 Å².